The molecule has 3 aromatic rings. The Hall–Kier alpha value is -3.08. The minimum Gasteiger partial charge on any atom is -0.508 e. The van der Waals surface area contributed by atoms with Crippen LogP contribution < -0.4 is 10.3 Å². The van der Waals surface area contributed by atoms with Crippen LogP contribution in [0.3, 0.4) is 0 Å². The average molecular weight is 399 g/mol. The standard InChI is InChI=1S/C26H27N3O/c1-2-25(19-11-13-20(30)14-12-19)27-29-17-15-28(16-18-29)26-23-9-5-3-7-21(23)22-8-4-6-10-24(22)26/h2-14,26-27,30H,15-18H2,1H3/p+1/b25-2-. The predicted molar refractivity (Wildman–Crippen MR) is 121 cm³/mol. The smallest absolute Gasteiger partial charge is 0.140 e. The molecule has 0 unspecified atom stereocenters. The van der Waals surface area contributed by atoms with Gasteiger partial charge >= 0.3 is 0 Å². The molecule has 1 fully saturated rings. The fraction of sp³-hybridized carbons (Fsp3) is 0.231. The molecular weight excluding hydrogens is 370 g/mol. The van der Waals surface area contributed by atoms with Crippen LogP contribution in [0.25, 0.3) is 16.8 Å². The lowest BCUT2D eigenvalue weighted by molar-refractivity contribution is -0.929. The topological polar surface area (TPSA) is 39.9 Å². The monoisotopic (exact) mass is 398 g/mol. The molecule has 3 N–H and O–H groups in total. The molecule has 3 aromatic carbocycles. The van der Waals surface area contributed by atoms with Crippen LogP contribution in [0.15, 0.2) is 78.9 Å². The van der Waals surface area contributed by atoms with Crippen LogP contribution >= 0.6 is 0 Å². The van der Waals surface area contributed by atoms with E-state index in [-0.39, 0.29) is 0 Å². The van der Waals surface area contributed by atoms with Crippen molar-refractivity contribution in [2.45, 2.75) is 13.0 Å². The minimum absolute atomic E-state index is 0.295. The van der Waals surface area contributed by atoms with Gasteiger partial charge < -0.3 is 15.4 Å². The van der Waals surface area contributed by atoms with Gasteiger partial charge in [0.15, 0.2) is 0 Å². The van der Waals surface area contributed by atoms with Gasteiger partial charge in [-0.2, -0.15) is 0 Å². The van der Waals surface area contributed by atoms with Crippen molar-refractivity contribution in [3.63, 3.8) is 0 Å². The molecule has 0 atom stereocenters. The lowest BCUT2D eigenvalue weighted by Gasteiger charge is -2.36. The number of fused-ring (bicyclic) bond motifs is 3. The molecule has 0 saturated carbocycles. The maximum absolute atomic E-state index is 9.55. The molecule has 4 nitrogen and oxygen atoms in total. The molecule has 0 radical (unpaired) electrons. The fourth-order valence-electron chi connectivity index (χ4n) is 4.90. The summed E-state index contributed by atoms with van der Waals surface area (Å²) in [6.45, 7) is 6.21. The first-order chi connectivity index (χ1) is 14.7. The number of rotatable bonds is 4. The summed E-state index contributed by atoms with van der Waals surface area (Å²) in [4.78, 5) is 1.64. The molecule has 4 heteroatoms. The number of aromatic hydroxyl groups is 1. The first-order valence-electron chi connectivity index (χ1n) is 10.7. The molecule has 0 amide bonds. The van der Waals surface area contributed by atoms with E-state index in [4.69, 9.17) is 0 Å². The molecule has 1 saturated heterocycles. The third-order valence-electron chi connectivity index (χ3n) is 6.39. The van der Waals surface area contributed by atoms with Gasteiger partial charge in [-0.1, -0.05) is 54.6 Å². The Balaban J connectivity index is 1.30. The highest BCUT2D eigenvalue weighted by molar-refractivity contribution is 5.77. The molecule has 0 bridgehead atoms. The molecule has 152 valence electrons. The van der Waals surface area contributed by atoms with Crippen molar-refractivity contribution in [3.05, 3.63) is 95.6 Å². The number of quaternary nitrogens is 1. The summed E-state index contributed by atoms with van der Waals surface area (Å²) in [6, 6.07) is 25.6. The Morgan fingerprint density at radius 1 is 0.900 bits per heavy atom. The van der Waals surface area contributed by atoms with E-state index in [2.05, 4.69) is 65.0 Å². The van der Waals surface area contributed by atoms with Gasteiger partial charge in [0.2, 0.25) is 0 Å². The van der Waals surface area contributed by atoms with Gasteiger partial charge in [0.05, 0.1) is 31.9 Å². The first-order valence-corrected chi connectivity index (χ1v) is 10.7. The number of nitrogens with zero attached hydrogens (tertiary/aromatic N) is 1. The van der Waals surface area contributed by atoms with E-state index in [0.29, 0.717) is 11.8 Å². The second-order valence-corrected chi connectivity index (χ2v) is 8.11. The number of hydrazine groups is 1. The second kappa shape index (κ2) is 7.98. The minimum atomic E-state index is 0.295. The Morgan fingerprint density at radius 3 is 2.03 bits per heavy atom. The van der Waals surface area contributed by atoms with Crippen molar-refractivity contribution >= 4 is 5.70 Å². The quantitative estimate of drug-likeness (QED) is 0.632. The fourth-order valence-corrected chi connectivity index (χ4v) is 4.90. The summed E-state index contributed by atoms with van der Waals surface area (Å²) < 4.78 is 0. The van der Waals surface area contributed by atoms with Crippen molar-refractivity contribution in [1.82, 2.24) is 10.4 Å². The van der Waals surface area contributed by atoms with Crippen LogP contribution in [0.5, 0.6) is 5.75 Å². The zero-order valence-electron chi connectivity index (χ0n) is 17.3. The van der Waals surface area contributed by atoms with Crippen LogP contribution in [0, 0.1) is 0 Å². The van der Waals surface area contributed by atoms with E-state index in [1.54, 1.807) is 17.0 Å². The Bertz CT molecular complexity index is 1020. The van der Waals surface area contributed by atoms with E-state index < -0.39 is 0 Å². The normalized spacial score (nSPS) is 17.6. The highest BCUT2D eigenvalue weighted by atomic mass is 16.3. The number of hydrogen-bond donors (Lipinski definition) is 3. The van der Waals surface area contributed by atoms with Gasteiger partial charge in [-0.25, -0.2) is 5.01 Å². The third kappa shape index (κ3) is 3.38. The number of piperazine rings is 1. The molecule has 1 heterocycles. The van der Waals surface area contributed by atoms with Crippen LogP contribution in [0.1, 0.15) is 29.7 Å². The maximum Gasteiger partial charge on any atom is 0.140 e. The number of phenols is 1. The molecular formula is C26H28N3O+. The van der Waals surface area contributed by atoms with Gasteiger partial charge in [0, 0.05) is 11.1 Å². The number of allylic oxidation sites excluding steroid dienone is 1. The van der Waals surface area contributed by atoms with Crippen LogP contribution in [0.2, 0.25) is 0 Å². The van der Waals surface area contributed by atoms with Crippen molar-refractivity contribution in [1.29, 1.82) is 0 Å². The van der Waals surface area contributed by atoms with E-state index in [9.17, 15) is 5.11 Å². The van der Waals surface area contributed by atoms with Gasteiger partial charge in [-0.3, -0.25) is 0 Å². The van der Waals surface area contributed by atoms with Crippen molar-refractivity contribution in [3.8, 4) is 16.9 Å². The molecule has 1 aliphatic heterocycles. The lowest BCUT2D eigenvalue weighted by atomic mass is 10.0. The Labute approximate surface area is 178 Å². The molecule has 0 aromatic heterocycles. The van der Waals surface area contributed by atoms with Crippen LogP contribution in [-0.4, -0.2) is 36.3 Å². The highest BCUT2D eigenvalue weighted by Crippen LogP contribution is 2.41. The number of phenolic OH excluding ortho intramolecular Hbond substituents is 1. The van der Waals surface area contributed by atoms with Gasteiger partial charge in [-0.15, -0.1) is 0 Å². The van der Waals surface area contributed by atoms with E-state index in [1.165, 1.54) is 22.3 Å². The number of nitrogens with one attached hydrogen (secondary N) is 2. The average Bonchev–Trinajstić information content (AvgIpc) is 3.13. The van der Waals surface area contributed by atoms with Crippen molar-refractivity contribution in [2.75, 3.05) is 26.2 Å². The van der Waals surface area contributed by atoms with Gasteiger partial charge in [0.25, 0.3) is 0 Å². The van der Waals surface area contributed by atoms with E-state index in [1.807, 2.05) is 19.1 Å². The summed E-state index contributed by atoms with van der Waals surface area (Å²) in [5, 5.41) is 11.9. The summed E-state index contributed by atoms with van der Waals surface area (Å²) in [5.74, 6) is 0.295. The molecule has 0 spiro atoms. The largest absolute Gasteiger partial charge is 0.508 e. The van der Waals surface area contributed by atoms with Crippen LogP contribution in [0.4, 0.5) is 0 Å². The van der Waals surface area contributed by atoms with Gasteiger partial charge in [0.1, 0.15) is 11.8 Å². The van der Waals surface area contributed by atoms with E-state index in [0.717, 1.165) is 37.4 Å². The molecule has 5 rings (SSSR count). The first kappa shape index (κ1) is 18.9. The van der Waals surface area contributed by atoms with Gasteiger partial charge in [-0.05, 0) is 47.9 Å². The Morgan fingerprint density at radius 2 is 1.47 bits per heavy atom. The summed E-state index contributed by atoms with van der Waals surface area (Å²) in [5.41, 5.74) is 11.5. The van der Waals surface area contributed by atoms with Crippen molar-refractivity contribution in [2.24, 2.45) is 0 Å². The molecule has 30 heavy (non-hydrogen) atoms. The maximum atomic E-state index is 9.55. The predicted octanol–water partition coefficient (Wildman–Crippen LogP) is 3.23. The zero-order chi connectivity index (χ0) is 20.5. The molecule has 2 aliphatic rings. The Kier molecular flexibility index (Phi) is 5.03. The lowest BCUT2D eigenvalue weighted by Crippen LogP contribution is -3.15. The second-order valence-electron chi connectivity index (χ2n) is 8.11. The highest BCUT2D eigenvalue weighted by Gasteiger charge is 2.37. The third-order valence-corrected chi connectivity index (χ3v) is 6.39. The number of benzene rings is 3. The summed E-state index contributed by atoms with van der Waals surface area (Å²) in [7, 11) is 0. The summed E-state index contributed by atoms with van der Waals surface area (Å²) in [6.07, 6.45) is 2.09. The van der Waals surface area contributed by atoms with E-state index >= 15 is 0 Å². The van der Waals surface area contributed by atoms with Crippen LogP contribution in [-0.2, 0) is 0 Å². The zero-order valence-corrected chi connectivity index (χ0v) is 17.3. The molecule has 1 aliphatic carbocycles. The summed E-state index contributed by atoms with van der Waals surface area (Å²) >= 11 is 0. The SMILES string of the molecule is C/C=C(\NN1CC[NH+](C2c3ccccc3-c3ccccc32)CC1)c1ccc(O)cc1. The van der Waals surface area contributed by atoms with Crippen molar-refractivity contribution < 1.29 is 10.0 Å². The number of hydrogen-bond acceptors (Lipinski definition) is 3.